The Morgan fingerprint density at radius 2 is 1.76 bits per heavy atom. The van der Waals surface area contributed by atoms with E-state index in [-0.39, 0.29) is 5.69 Å². The second-order valence-electron chi connectivity index (χ2n) is 4.51. The monoisotopic (exact) mass is 361 g/mol. The maximum atomic E-state index is 12.2. The van der Waals surface area contributed by atoms with Gasteiger partial charge in [-0.25, -0.2) is 0 Å². The van der Waals surface area contributed by atoms with E-state index in [4.69, 9.17) is 11.6 Å². The van der Waals surface area contributed by atoms with Crippen LogP contribution in [0.15, 0.2) is 59.2 Å². The van der Waals surface area contributed by atoms with Crippen LogP contribution < -0.4 is 0 Å². The van der Waals surface area contributed by atoms with Gasteiger partial charge in [0.2, 0.25) is 0 Å². The SMILES string of the molecule is O=C(Cl)C(=O)c1c(-c2ccc(Br)cc2)cc2ccccn12. The number of ketones is 1. The second-order valence-corrected chi connectivity index (χ2v) is 5.77. The van der Waals surface area contributed by atoms with Crippen LogP contribution in [0, 0.1) is 0 Å². The number of carbonyl (C=O) groups is 2. The number of halogens is 2. The summed E-state index contributed by atoms with van der Waals surface area (Å²) in [6.45, 7) is 0. The number of Topliss-reactive ketones (excluding diaryl/α,β-unsaturated/α-hetero) is 1. The highest BCUT2D eigenvalue weighted by molar-refractivity contribution is 9.10. The summed E-state index contributed by atoms with van der Waals surface area (Å²) in [4.78, 5) is 23.5. The minimum atomic E-state index is -0.989. The van der Waals surface area contributed by atoms with E-state index in [9.17, 15) is 9.59 Å². The van der Waals surface area contributed by atoms with E-state index >= 15 is 0 Å². The largest absolute Gasteiger partial charge is 0.313 e. The van der Waals surface area contributed by atoms with E-state index in [0.29, 0.717) is 5.56 Å². The summed E-state index contributed by atoms with van der Waals surface area (Å²) in [7, 11) is 0. The Morgan fingerprint density at radius 1 is 1.05 bits per heavy atom. The van der Waals surface area contributed by atoms with Gasteiger partial charge in [-0.2, -0.15) is 0 Å². The van der Waals surface area contributed by atoms with Gasteiger partial charge in [-0.05, 0) is 47.5 Å². The molecule has 3 aromatic rings. The molecular weight excluding hydrogens is 354 g/mol. The van der Waals surface area contributed by atoms with Gasteiger partial charge in [0, 0.05) is 21.7 Å². The first-order valence-corrected chi connectivity index (χ1v) is 7.35. The first-order valence-electron chi connectivity index (χ1n) is 6.18. The third-order valence-electron chi connectivity index (χ3n) is 3.23. The topological polar surface area (TPSA) is 38.5 Å². The Labute approximate surface area is 134 Å². The highest BCUT2D eigenvalue weighted by atomic mass is 79.9. The average molecular weight is 363 g/mol. The molecule has 0 saturated heterocycles. The molecule has 21 heavy (non-hydrogen) atoms. The fraction of sp³-hybridized carbons (Fsp3) is 0. The number of benzene rings is 1. The fourth-order valence-corrected chi connectivity index (χ4v) is 2.65. The van der Waals surface area contributed by atoms with Gasteiger partial charge in [0.05, 0.1) is 0 Å². The van der Waals surface area contributed by atoms with Gasteiger partial charge in [-0.1, -0.05) is 34.1 Å². The van der Waals surface area contributed by atoms with Crippen LogP contribution in [-0.2, 0) is 4.79 Å². The van der Waals surface area contributed by atoms with Crippen molar-refractivity contribution in [3.63, 3.8) is 0 Å². The number of aromatic nitrogens is 1. The van der Waals surface area contributed by atoms with E-state index in [1.807, 2.05) is 42.5 Å². The molecule has 0 aliphatic carbocycles. The molecule has 3 nitrogen and oxygen atoms in total. The van der Waals surface area contributed by atoms with Crippen molar-refractivity contribution in [2.24, 2.45) is 0 Å². The summed E-state index contributed by atoms with van der Waals surface area (Å²) >= 11 is 8.77. The Morgan fingerprint density at radius 3 is 2.43 bits per heavy atom. The molecule has 0 saturated carbocycles. The Hall–Kier alpha value is -1.91. The number of hydrogen-bond donors (Lipinski definition) is 0. The van der Waals surface area contributed by atoms with E-state index in [1.165, 1.54) is 0 Å². The molecule has 0 bridgehead atoms. The highest BCUT2D eigenvalue weighted by Crippen LogP contribution is 2.29. The molecule has 0 unspecified atom stereocenters. The molecule has 0 N–H and O–H groups in total. The molecule has 104 valence electrons. The van der Waals surface area contributed by atoms with Crippen LogP contribution >= 0.6 is 27.5 Å². The molecule has 0 aliphatic rings. The molecule has 2 aromatic heterocycles. The molecule has 0 spiro atoms. The number of fused-ring (bicyclic) bond motifs is 1. The number of carbonyl (C=O) groups excluding carboxylic acids is 2. The zero-order valence-electron chi connectivity index (χ0n) is 10.7. The van der Waals surface area contributed by atoms with Crippen molar-refractivity contribution < 1.29 is 9.59 Å². The van der Waals surface area contributed by atoms with Gasteiger partial charge in [0.1, 0.15) is 5.69 Å². The highest BCUT2D eigenvalue weighted by Gasteiger charge is 2.23. The van der Waals surface area contributed by atoms with Crippen LogP contribution in [0.2, 0.25) is 0 Å². The summed E-state index contributed by atoms with van der Waals surface area (Å²) in [5, 5.41) is -0.989. The fourth-order valence-electron chi connectivity index (χ4n) is 2.30. The minimum absolute atomic E-state index is 0.285. The standard InChI is InChI=1S/C16H9BrClNO2/c17-11-6-4-10(5-7-11)13-9-12-3-1-2-8-19(12)14(13)15(20)16(18)21/h1-9H. The van der Waals surface area contributed by atoms with Crippen LogP contribution in [-0.4, -0.2) is 15.4 Å². The smallest absolute Gasteiger partial charge is 0.294 e. The summed E-state index contributed by atoms with van der Waals surface area (Å²) < 4.78 is 2.62. The van der Waals surface area contributed by atoms with Gasteiger partial charge in [0.15, 0.2) is 0 Å². The van der Waals surface area contributed by atoms with Crippen LogP contribution in [0.4, 0.5) is 0 Å². The molecule has 0 amide bonds. The van der Waals surface area contributed by atoms with Gasteiger partial charge < -0.3 is 4.40 Å². The van der Waals surface area contributed by atoms with Crippen LogP contribution in [0.3, 0.4) is 0 Å². The van der Waals surface area contributed by atoms with E-state index in [1.54, 1.807) is 16.7 Å². The van der Waals surface area contributed by atoms with Crippen molar-refractivity contribution in [2.45, 2.75) is 0 Å². The molecule has 0 radical (unpaired) electrons. The summed E-state index contributed by atoms with van der Waals surface area (Å²) in [6, 6.07) is 14.9. The van der Waals surface area contributed by atoms with Crippen molar-refractivity contribution in [2.75, 3.05) is 0 Å². The molecule has 0 fully saturated rings. The summed E-state index contributed by atoms with van der Waals surface area (Å²) in [5.41, 5.74) is 2.65. The van der Waals surface area contributed by atoms with Gasteiger partial charge in [0.25, 0.3) is 11.0 Å². The maximum Gasteiger partial charge on any atom is 0.294 e. The van der Waals surface area contributed by atoms with Crippen molar-refractivity contribution in [1.82, 2.24) is 4.40 Å². The summed E-state index contributed by atoms with van der Waals surface area (Å²) in [6.07, 6.45) is 1.74. The lowest BCUT2D eigenvalue weighted by Crippen LogP contribution is -2.11. The normalized spacial score (nSPS) is 10.8. The predicted molar refractivity (Wildman–Crippen MR) is 85.7 cm³/mol. The summed E-state index contributed by atoms with van der Waals surface area (Å²) in [5.74, 6) is -0.708. The van der Waals surface area contributed by atoms with E-state index < -0.39 is 11.0 Å². The Kier molecular flexibility index (Phi) is 3.66. The third kappa shape index (κ3) is 2.52. The molecule has 3 rings (SSSR count). The predicted octanol–water partition coefficient (Wildman–Crippen LogP) is 4.32. The average Bonchev–Trinajstić information content (AvgIpc) is 2.86. The molecule has 2 heterocycles. The molecule has 0 aliphatic heterocycles. The molecular formula is C16H9BrClNO2. The molecule has 1 aromatic carbocycles. The number of nitrogens with zero attached hydrogens (tertiary/aromatic N) is 1. The number of pyridine rings is 1. The van der Waals surface area contributed by atoms with Crippen LogP contribution in [0.5, 0.6) is 0 Å². The number of rotatable bonds is 3. The Balaban J connectivity index is 2.31. The minimum Gasteiger partial charge on any atom is -0.313 e. The first kappa shape index (κ1) is 14.0. The third-order valence-corrected chi connectivity index (χ3v) is 3.93. The van der Waals surface area contributed by atoms with Crippen LogP contribution in [0.25, 0.3) is 16.6 Å². The second kappa shape index (κ2) is 5.47. The van der Waals surface area contributed by atoms with E-state index in [2.05, 4.69) is 15.9 Å². The van der Waals surface area contributed by atoms with Crippen molar-refractivity contribution in [1.29, 1.82) is 0 Å². The number of hydrogen-bond acceptors (Lipinski definition) is 2. The van der Waals surface area contributed by atoms with E-state index in [0.717, 1.165) is 15.6 Å². The zero-order chi connectivity index (χ0) is 15.0. The zero-order valence-corrected chi connectivity index (χ0v) is 13.1. The van der Waals surface area contributed by atoms with Crippen molar-refractivity contribution in [3.05, 3.63) is 64.9 Å². The maximum absolute atomic E-state index is 12.2. The molecule has 0 atom stereocenters. The van der Waals surface area contributed by atoms with Gasteiger partial charge >= 0.3 is 0 Å². The lowest BCUT2D eigenvalue weighted by molar-refractivity contribution is -0.108. The molecule has 5 heteroatoms. The van der Waals surface area contributed by atoms with Gasteiger partial charge in [-0.15, -0.1) is 0 Å². The van der Waals surface area contributed by atoms with Crippen molar-refractivity contribution in [3.8, 4) is 11.1 Å². The van der Waals surface area contributed by atoms with Crippen LogP contribution in [0.1, 0.15) is 10.5 Å². The van der Waals surface area contributed by atoms with Gasteiger partial charge in [-0.3, -0.25) is 9.59 Å². The lowest BCUT2D eigenvalue weighted by atomic mass is 10.0. The first-order chi connectivity index (χ1) is 10.1. The lowest BCUT2D eigenvalue weighted by Gasteiger charge is -2.04. The quantitative estimate of drug-likeness (QED) is 0.395. The van der Waals surface area contributed by atoms with Crippen molar-refractivity contribution >= 4 is 44.1 Å². The Bertz CT molecular complexity index is 852.